The van der Waals surface area contributed by atoms with Crippen LogP contribution in [0.3, 0.4) is 0 Å². The third-order valence-electron chi connectivity index (χ3n) is 4.78. The summed E-state index contributed by atoms with van der Waals surface area (Å²) < 4.78 is 10.4. The van der Waals surface area contributed by atoms with Crippen molar-refractivity contribution in [1.29, 1.82) is 0 Å². The molecule has 4 nitrogen and oxygen atoms in total. The van der Waals surface area contributed by atoms with E-state index < -0.39 is 5.97 Å². The third kappa shape index (κ3) is 3.22. The molecule has 0 bridgehead atoms. The van der Waals surface area contributed by atoms with Crippen molar-refractivity contribution >= 4 is 11.8 Å². The van der Waals surface area contributed by atoms with Gasteiger partial charge in [0.15, 0.2) is 12.4 Å². The maximum atomic E-state index is 12.5. The van der Waals surface area contributed by atoms with Gasteiger partial charge in [-0.05, 0) is 46.9 Å². The highest BCUT2D eigenvalue weighted by molar-refractivity contribution is 6.01. The smallest absolute Gasteiger partial charge is 0.342 e. The minimum atomic E-state index is -0.577. The van der Waals surface area contributed by atoms with Gasteiger partial charge < -0.3 is 9.47 Å². The maximum Gasteiger partial charge on any atom is 0.342 e. The monoisotopic (exact) mass is 358 g/mol. The second kappa shape index (κ2) is 7.08. The fourth-order valence-electron chi connectivity index (χ4n) is 3.40. The van der Waals surface area contributed by atoms with Crippen molar-refractivity contribution in [2.75, 3.05) is 13.7 Å². The Kier molecular flexibility index (Phi) is 4.47. The standard InChI is InChI=1S/C23H18O4/c1-26-22-9-5-4-8-19(22)23(25)27-14-21(24)17-11-10-16-12-15-6-2-3-7-18(15)20(16)13-17/h2-11,13H,12,14H2,1H3. The van der Waals surface area contributed by atoms with E-state index in [9.17, 15) is 9.59 Å². The van der Waals surface area contributed by atoms with Crippen molar-refractivity contribution in [1.82, 2.24) is 0 Å². The average molecular weight is 358 g/mol. The molecule has 4 rings (SSSR count). The molecule has 134 valence electrons. The van der Waals surface area contributed by atoms with Crippen LogP contribution in [0.5, 0.6) is 5.75 Å². The first-order valence-electron chi connectivity index (χ1n) is 8.72. The number of para-hydroxylation sites is 1. The largest absolute Gasteiger partial charge is 0.496 e. The number of ketones is 1. The molecule has 27 heavy (non-hydrogen) atoms. The van der Waals surface area contributed by atoms with E-state index in [1.165, 1.54) is 18.2 Å². The Hall–Kier alpha value is -3.40. The summed E-state index contributed by atoms with van der Waals surface area (Å²) in [5.74, 6) is -0.387. The van der Waals surface area contributed by atoms with Crippen LogP contribution in [0.2, 0.25) is 0 Å². The Morgan fingerprint density at radius 1 is 0.889 bits per heavy atom. The molecule has 0 atom stereocenters. The van der Waals surface area contributed by atoms with Crippen molar-refractivity contribution < 1.29 is 19.1 Å². The topological polar surface area (TPSA) is 52.6 Å². The van der Waals surface area contributed by atoms with Gasteiger partial charge in [-0.25, -0.2) is 4.79 Å². The molecule has 4 heteroatoms. The number of carbonyl (C=O) groups excluding carboxylic acids is 2. The zero-order chi connectivity index (χ0) is 18.8. The molecule has 3 aromatic rings. The second-order valence-electron chi connectivity index (χ2n) is 6.41. The highest BCUT2D eigenvalue weighted by Gasteiger charge is 2.20. The fraction of sp³-hybridized carbons (Fsp3) is 0.130. The molecule has 0 saturated carbocycles. The van der Waals surface area contributed by atoms with E-state index in [2.05, 4.69) is 12.1 Å². The van der Waals surface area contributed by atoms with Gasteiger partial charge in [0.1, 0.15) is 11.3 Å². The molecule has 0 spiro atoms. The Morgan fingerprint density at radius 2 is 1.63 bits per heavy atom. The maximum absolute atomic E-state index is 12.5. The van der Waals surface area contributed by atoms with E-state index >= 15 is 0 Å². The Labute approximate surface area is 157 Å². The van der Waals surface area contributed by atoms with E-state index in [1.807, 2.05) is 24.3 Å². The number of carbonyl (C=O) groups is 2. The lowest BCUT2D eigenvalue weighted by Crippen LogP contribution is -2.15. The lowest BCUT2D eigenvalue weighted by molar-refractivity contribution is 0.0471. The van der Waals surface area contributed by atoms with Gasteiger partial charge >= 0.3 is 5.97 Å². The number of esters is 1. The van der Waals surface area contributed by atoms with Crippen LogP contribution in [0.1, 0.15) is 31.8 Å². The first kappa shape index (κ1) is 17.0. The molecular weight excluding hydrogens is 340 g/mol. The molecule has 0 saturated heterocycles. The minimum Gasteiger partial charge on any atom is -0.496 e. The zero-order valence-electron chi connectivity index (χ0n) is 14.9. The number of ether oxygens (including phenoxy) is 2. The fourth-order valence-corrected chi connectivity index (χ4v) is 3.40. The first-order chi connectivity index (χ1) is 13.2. The Bertz CT molecular complexity index is 1040. The molecule has 0 aliphatic heterocycles. The number of Topliss-reactive ketones (excluding diaryl/α,β-unsaturated/α-hetero) is 1. The predicted molar refractivity (Wildman–Crippen MR) is 102 cm³/mol. The molecule has 0 amide bonds. The quantitative estimate of drug-likeness (QED) is 0.394. The van der Waals surface area contributed by atoms with Crippen LogP contribution in [0.25, 0.3) is 11.1 Å². The molecule has 0 fully saturated rings. The van der Waals surface area contributed by atoms with Gasteiger partial charge in [0.2, 0.25) is 0 Å². The molecular formula is C23H18O4. The van der Waals surface area contributed by atoms with Crippen molar-refractivity contribution in [2.45, 2.75) is 6.42 Å². The highest BCUT2D eigenvalue weighted by atomic mass is 16.5. The third-order valence-corrected chi connectivity index (χ3v) is 4.78. The molecule has 0 aromatic heterocycles. The number of methoxy groups -OCH3 is 1. The van der Waals surface area contributed by atoms with Gasteiger partial charge in [0.05, 0.1) is 7.11 Å². The normalized spacial score (nSPS) is 11.4. The lowest BCUT2D eigenvalue weighted by atomic mass is 10.0. The summed E-state index contributed by atoms with van der Waals surface area (Å²) in [7, 11) is 1.49. The van der Waals surface area contributed by atoms with Crippen molar-refractivity contribution in [3.63, 3.8) is 0 Å². The summed E-state index contributed by atoms with van der Waals surface area (Å²) >= 11 is 0. The van der Waals surface area contributed by atoms with Crippen molar-refractivity contribution in [3.8, 4) is 16.9 Å². The number of hydrogen-bond donors (Lipinski definition) is 0. The van der Waals surface area contributed by atoms with Crippen LogP contribution in [-0.2, 0) is 11.2 Å². The summed E-state index contributed by atoms with van der Waals surface area (Å²) in [6.07, 6.45) is 0.878. The number of benzene rings is 3. The van der Waals surface area contributed by atoms with E-state index in [0.29, 0.717) is 16.9 Å². The molecule has 1 aliphatic carbocycles. The zero-order valence-corrected chi connectivity index (χ0v) is 14.9. The van der Waals surface area contributed by atoms with Gasteiger partial charge in [0.25, 0.3) is 0 Å². The van der Waals surface area contributed by atoms with Gasteiger partial charge in [-0.2, -0.15) is 0 Å². The Morgan fingerprint density at radius 3 is 2.48 bits per heavy atom. The van der Waals surface area contributed by atoms with Crippen LogP contribution in [0.4, 0.5) is 0 Å². The number of hydrogen-bond acceptors (Lipinski definition) is 4. The average Bonchev–Trinajstić information content (AvgIpc) is 3.09. The van der Waals surface area contributed by atoms with E-state index in [-0.39, 0.29) is 12.4 Å². The summed E-state index contributed by atoms with van der Waals surface area (Å²) in [5, 5.41) is 0. The summed E-state index contributed by atoms with van der Waals surface area (Å²) in [6.45, 7) is -0.308. The number of rotatable bonds is 5. The first-order valence-corrected chi connectivity index (χ1v) is 8.72. The second-order valence-corrected chi connectivity index (χ2v) is 6.41. The van der Waals surface area contributed by atoms with Crippen molar-refractivity contribution in [3.05, 3.63) is 89.0 Å². The Balaban J connectivity index is 1.50. The molecule has 0 radical (unpaired) electrons. The highest BCUT2D eigenvalue weighted by Crippen LogP contribution is 2.36. The van der Waals surface area contributed by atoms with Gasteiger partial charge in [-0.15, -0.1) is 0 Å². The molecule has 0 N–H and O–H groups in total. The molecule has 0 heterocycles. The lowest BCUT2D eigenvalue weighted by Gasteiger charge is -2.09. The van der Waals surface area contributed by atoms with E-state index in [0.717, 1.165) is 17.5 Å². The summed E-state index contributed by atoms with van der Waals surface area (Å²) in [6, 6.07) is 20.6. The van der Waals surface area contributed by atoms with Crippen LogP contribution < -0.4 is 4.74 Å². The molecule has 3 aromatic carbocycles. The summed E-state index contributed by atoms with van der Waals surface area (Å²) in [5.41, 5.74) is 5.55. The SMILES string of the molecule is COc1ccccc1C(=O)OCC(=O)c1ccc2c(c1)-c1ccccc1C2. The van der Waals surface area contributed by atoms with Crippen LogP contribution >= 0.6 is 0 Å². The molecule has 1 aliphatic rings. The van der Waals surface area contributed by atoms with Gasteiger partial charge in [-0.3, -0.25) is 4.79 Å². The minimum absolute atomic E-state index is 0.231. The van der Waals surface area contributed by atoms with E-state index in [4.69, 9.17) is 9.47 Å². The van der Waals surface area contributed by atoms with Crippen LogP contribution in [0, 0.1) is 0 Å². The van der Waals surface area contributed by atoms with Gasteiger partial charge in [0, 0.05) is 5.56 Å². The molecule has 0 unspecified atom stereocenters. The van der Waals surface area contributed by atoms with Gasteiger partial charge in [-0.1, -0.05) is 48.5 Å². The van der Waals surface area contributed by atoms with Crippen LogP contribution in [-0.4, -0.2) is 25.5 Å². The summed E-state index contributed by atoms with van der Waals surface area (Å²) in [4.78, 5) is 24.8. The number of fused-ring (bicyclic) bond motifs is 3. The van der Waals surface area contributed by atoms with Crippen LogP contribution in [0.15, 0.2) is 66.7 Å². The van der Waals surface area contributed by atoms with Crippen molar-refractivity contribution in [2.24, 2.45) is 0 Å². The van der Waals surface area contributed by atoms with E-state index in [1.54, 1.807) is 30.3 Å². The predicted octanol–water partition coefficient (Wildman–Crippen LogP) is 4.31.